The van der Waals surface area contributed by atoms with Crippen LogP contribution in [0, 0.1) is 11.3 Å². The van der Waals surface area contributed by atoms with Crippen LogP contribution in [-0.4, -0.2) is 19.1 Å². The van der Waals surface area contributed by atoms with E-state index in [-0.39, 0.29) is 0 Å². The van der Waals surface area contributed by atoms with E-state index < -0.39 is 0 Å². The highest BCUT2D eigenvalue weighted by Gasteiger charge is 2.22. The number of anilines is 1. The van der Waals surface area contributed by atoms with Gasteiger partial charge in [0.1, 0.15) is 5.75 Å². The zero-order valence-corrected chi connectivity index (χ0v) is 17.4. The summed E-state index contributed by atoms with van der Waals surface area (Å²) in [6.07, 6.45) is 4.44. The van der Waals surface area contributed by atoms with Crippen LogP contribution in [0.4, 0.5) is 5.69 Å². The lowest BCUT2D eigenvalue weighted by Gasteiger charge is -2.27. The summed E-state index contributed by atoms with van der Waals surface area (Å²) in [6, 6.07) is 18.3. The Morgan fingerprint density at radius 1 is 1.07 bits per heavy atom. The fourth-order valence-electron chi connectivity index (χ4n) is 3.44. The molecule has 6 heteroatoms. The minimum absolute atomic E-state index is 0.322. The molecule has 0 aromatic heterocycles. The molecule has 0 spiro atoms. The van der Waals surface area contributed by atoms with Crippen LogP contribution < -0.4 is 13.6 Å². The topological polar surface area (TPSA) is 69.4 Å². The summed E-state index contributed by atoms with van der Waals surface area (Å²) in [6.45, 7) is 0. The third-order valence-electron chi connectivity index (χ3n) is 4.96. The van der Waals surface area contributed by atoms with Gasteiger partial charge in [-0.3, -0.25) is 3.53 Å². The fourth-order valence-corrected chi connectivity index (χ4v) is 3.72. The molecule has 0 aliphatic heterocycles. The second kappa shape index (κ2) is 9.60. The molecule has 2 N–H and O–H groups in total. The highest BCUT2D eigenvalue weighted by Crippen LogP contribution is 2.34. The number of methoxy groups -OCH3 is 1. The van der Waals surface area contributed by atoms with Crippen molar-refractivity contribution in [1.82, 2.24) is 3.53 Å². The Kier molecular flexibility index (Phi) is 6.93. The minimum Gasteiger partial charge on any atom is -0.497 e. The molecule has 2 aromatic carbocycles. The molecular weight excluding hydrogens is 451 g/mol. The first-order chi connectivity index (χ1) is 13.2. The smallest absolute Gasteiger partial charge is 0.204 e. The van der Waals surface area contributed by atoms with Crippen LogP contribution in [0.25, 0.3) is 0 Å². The third kappa shape index (κ3) is 5.36. The van der Waals surface area contributed by atoms with Gasteiger partial charge in [-0.1, -0.05) is 12.1 Å². The van der Waals surface area contributed by atoms with E-state index >= 15 is 0 Å². The Hall–Kier alpha value is -2.27. The molecule has 0 atom stereocenters. The van der Waals surface area contributed by atoms with Crippen molar-refractivity contribution in [3.05, 3.63) is 59.7 Å². The number of ether oxygens (including phenoxy) is 1. The van der Waals surface area contributed by atoms with Crippen LogP contribution >= 0.6 is 22.9 Å². The molecule has 1 aliphatic carbocycles. The van der Waals surface area contributed by atoms with Gasteiger partial charge in [-0.15, -0.1) is 0 Å². The monoisotopic (exact) mass is 474 g/mol. The molecule has 1 aliphatic rings. The first-order valence-corrected chi connectivity index (χ1v) is 10.1. The normalized spacial score (nSPS) is 19.8. The number of nitrogens with zero attached hydrogens (tertiary/aromatic N) is 2. The first-order valence-electron chi connectivity index (χ1n) is 9.07. The number of rotatable bonds is 4. The van der Waals surface area contributed by atoms with E-state index in [1.54, 1.807) is 19.2 Å². The van der Waals surface area contributed by atoms with Crippen molar-refractivity contribution in [2.75, 3.05) is 12.4 Å². The van der Waals surface area contributed by atoms with Crippen molar-refractivity contribution >= 4 is 34.5 Å². The Morgan fingerprint density at radius 3 is 2.30 bits per heavy atom. The molecule has 0 unspecified atom stereocenters. The van der Waals surface area contributed by atoms with Crippen molar-refractivity contribution in [1.29, 1.82) is 5.26 Å². The Balaban J connectivity index is 1.57. The SMILES string of the molecule is COc1ccc(C2CCC(N=C(NI)Nc3ccc(C#N)cc3)CC2)cc1. The summed E-state index contributed by atoms with van der Waals surface area (Å²) in [5.41, 5.74) is 2.96. The average molecular weight is 474 g/mol. The number of aliphatic imine (C=N–C) groups is 1. The number of nitrogens with one attached hydrogen (secondary N) is 2. The molecule has 3 rings (SSSR count). The highest BCUT2D eigenvalue weighted by atomic mass is 127. The number of nitriles is 1. The van der Waals surface area contributed by atoms with E-state index in [2.05, 4.69) is 49.9 Å². The van der Waals surface area contributed by atoms with E-state index in [4.69, 9.17) is 15.0 Å². The molecule has 140 valence electrons. The lowest BCUT2D eigenvalue weighted by molar-refractivity contribution is 0.395. The van der Waals surface area contributed by atoms with Crippen LogP contribution in [0.15, 0.2) is 53.5 Å². The van der Waals surface area contributed by atoms with Gasteiger partial charge in [-0.2, -0.15) is 5.26 Å². The standard InChI is InChI=1S/C21H23IN4O/c1-27-20-12-6-17(7-13-20)16-4-10-19(11-5-16)25-21(26-22)24-18-8-2-15(14-23)3-9-18/h2-3,6-9,12-13,16,19H,4-5,10-11H2,1H3,(H2,24,25,26). The van der Waals surface area contributed by atoms with Crippen molar-refractivity contribution in [3.8, 4) is 11.8 Å². The fraction of sp³-hybridized carbons (Fsp3) is 0.333. The van der Waals surface area contributed by atoms with Gasteiger partial charge >= 0.3 is 0 Å². The zero-order valence-electron chi connectivity index (χ0n) is 15.3. The average Bonchev–Trinajstić information content (AvgIpc) is 2.74. The van der Waals surface area contributed by atoms with Gasteiger partial charge in [-0.05, 0) is 73.6 Å². The predicted octanol–water partition coefficient (Wildman–Crippen LogP) is 5.00. The van der Waals surface area contributed by atoms with Crippen molar-refractivity contribution in [2.24, 2.45) is 4.99 Å². The largest absolute Gasteiger partial charge is 0.497 e. The molecule has 2 aromatic rings. The molecule has 27 heavy (non-hydrogen) atoms. The van der Waals surface area contributed by atoms with Gasteiger partial charge in [-0.25, -0.2) is 4.99 Å². The molecule has 0 bridgehead atoms. The molecule has 0 amide bonds. The molecule has 0 radical (unpaired) electrons. The maximum absolute atomic E-state index is 8.89. The highest BCUT2D eigenvalue weighted by molar-refractivity contribution is 14.1. The predicted molar refractivity (Wildman–Crippen MR) is 117 cm³/mol. The van der Waals surface area contributed by atoms with E-state index in [1.807, 2.05) is 24.3 Å². The third-order valence-corrected chi connectivity index (χ3v) is 5.47. The van der Waals surface area contributed by atoms with Crippen molar-refractivity contribution in [2.45, 2.75) is 37.6 Å². The van der Waals surface area contributed by atoms with Gasteiger partial charge in [0.2, 0.25) is 5.96 Å². The molecular formula is C21H23IN4O. The van der Waals surface area contributed by atoms with E-state index in [9.17, 15) is 0 Å². The summed E-state index contributed by atoms with van der Waals surface area (Å²) < 4.78 is 8.36. The van der Waals surface area contributed by atoms with Crippen LogP contribution in [0.3, 0.4) is 0 Å². The Morgan fingerprint density at radius 2 is 1.74 bits per heavy atom. The van der Waals surface area contributed by atoms with Gasteiger partial charge in [0.25, 0.3) is 0 Å². The van der Waals surface area contributed by atoms with Gasteiger partial charge in [0.15, 0.2) is 0 Å². The van der Waals surface area contributed by atoms with E-state index in [1.165, 1.54) is 5.56 Å². The molecule has 1 fully saturated rings. The van der Waals surface area contributed by atoms with Crippen molar-refractivity contribution < 1.29 is 4.74 Å². The number of hydrogen-bond donors (Lipinski definition) is 2. The van der Waals surface area contributed by atoms with E-state index in [0.717, 1.165) is 43.1 Å². The lowest BCUT2D eigenvalue weighted by atomic mass is 9.82. The minimum atomic E-state index is 0.322. The lowest BCUT2D eigenvalue weighted by Crippen LogP contribution is -2.27. The van der Waals surface area contributed by atoms with Crippen LogP contribution in [0.2, 0.25) is 0 Å². The Labute approximate surface area is 174 Å². The Bertz CT molecular complexity index is 804. The van der Waals surface area contributed by atoms with Crippen LogP contribution in [-0.2, 0) is 0 Å². The van der Waals surface area contributed by atoms with Crippen LogP contribution in [0.5, 0.6) is 5.75 Å². The second-order valence-corrected chi connectivity index (χ2v) is 7.20. The number of benzene rings is 2. The summed E-state index contributed by atoms with van der Waals surface area (Å²) in [5.74, 6) is 2.27. The summed E-state index contributed by atoms with van der Waals surface area (Å²) in [5, 5.41) is 12.2. The second-order valence-electron chi connectivity index (χ2n) is 6.66. The van der Waals surface area contributed by atoms with Crippen molar-refractivity contribution in [3.63, 3.8) is 0 Å². The molecule has 0 heterocycles. The molecule has 5 nitrogen and oxygen atoms in total. The van der Waals surface area contributed by atoms with Crippen LogP contribution in [0.1, 0.15) is 42.7 Å². The van der Waals surface area contributed by atoms with Gasteiger partial charge in [0, 0.05) is 5.69 Å². The number of guanidine groups is 1. The molecule has 0 saturated heterocycles. The molecule has 1 saturated carbocycles. The van der Waals surface area contributed by atoms with Gasteiger partial charge in [0.05, 0.1) is 47.6 Å². The first kappa shape index (κ1) is 19.5. The number of hydrogen-bond acceptors (Lipinski definition) is 3. The number of halogens is 1. The zero-order chi connectivity index (χ0) is 19.1. The van der Waals surface area contributed by atoms with E-state index in [0.29, 0.717) is 17.5 Å². The maximum Gasteiger partial charge on any atom is 0.204 e. The summed E-state index contributed by atoms with van der Waals surface area (Å²) >= 11 is 2.10. The van der Waals surface area contributed by atoms with Gasteiger partial charge < -0.3 is 10.1 Å². The summed E-state index contributed by atoms with van der Waals surface area (Å²) in [7, 11) is 1.70. The summed E-state index contributed by atoms with van der Waals surface area (Å²) in [4.78, 5) is 4.85. The maximum atomic E-state index is 8.89. The quantitative estimate of drug-likeness (QED) is 0.283.